The van der Waals surface area contributed by atoms with E-state index < -0.39 is 11.9 Å². The maximum absolute atomic E-state index is 11.4. The van der Waals surface area contributed by atoms with E-state index in [0.29, 0.717) is 0 Å². The van der Waals surface area contributed by atoms with E-state index in [1.54, 1.807) is 6.07 Å². The maximum atomic E-state index is 11.4. The van der Waals surface area contributed by atoms with Gasteiger partial charge < -0.3 is 24.6 Å². The van der Waals surface area contributed by atoms with Crippen molar-refractivity contribution < 1.29 is 28.9 Å². The van der Waals surface area contributed by atoms with E-state index in [4.69, 9.17) is 24.6 Å². The fourth-order valence-corrected chi connectivity index (χ4v) is 1.47. The summed E-state index contributed by atoms with van der Waals surface area (Å²) in [7, 11) is 2.67. The van der Waals surface area contributed by atoms with Crippen molar-refractivity contribution in [3.8, 4) is 23.3 Å². The van der Waals surface area contributed by atoms with Gasteiger partial charge >= 0.3 is 5.97 Å². The second-order valence-electron chi connectivity index (χ2n) is 3.74. The molecule has 0 atom stereocenters. The minimum absolute atomic E-state index is 0.0371. The third-order valence-electron chi connectivity index (χ3n) is 2.42. The minimum Gasteiger partial charge on any atom is -0.493 e. The summed E-state index contributed by atoms with van der Waals surface area (Å²) in [6.45, 7) is -0.491. The maximum Gasteiger partial charge on any atom is 0.335 e. The van der Waals surface area contributed by atoms with E-state index in [0.717, 1.165) is 0 Å². The number of nitrogens with zero attached hydrogens (tertiary/aromatic N) is 1. The van der Waals surface area contributed by atoms with Gasteiger partial charge in [0.05, 0.1) is 25.9 Å². The van der Waals surface area contributed by atoms with Gasteiger partial charge in [0.15, 0.2) is 18.1 Å². The number of rotatable bonds is 7. The molecule has 8 nitrogen and oxygen atoms in total. The van der Waals surface area contributed by atoms with E-state index in [1.807, 2.05) is 0 Å². The van der Waals surface area contributed by atoms with Crippen molar-refractivity contribution in [1.29, 1.82) is 5.26 Å². The summed E-state index contributed by atoms with van der Waals surface area (Å²) in [6, 6.07) is 4.27. The Balaban J connectivity index is 2.97. The number of carbonyl (C=O) groups is 2. The Bertz CT molecular complexity index is 554. The number of amides is 1. The van der Waals surface area contributed by atoms with Crippen LogP contribution in [0.4, 0.5) is 0 Å². The quantitative estimate of drug-likeness (QED) is 0.699. The van der Waals surface area contributed by atoms with Gasteiger partial charge in [0.1, 0.15) is 6.54 Å². The second kappa shape index (κ2) is 7.59. The molecule has 1 amide bonds. The normalized spacial score (nSPS) is 9.38. The van der Waals surface area contributed by atoms with Gasteiger partial charge in [-0.25, -0.2) is 4.79 Å². The topological polar surface area (TPSA) is 118 Å². The van der Waals surface area contributed by atoms with Crippen molar-refractivity contribution in [1.82, 2.24) is 5.32 Å². The number of hydrogen-bond donors (Lipinski definition) is 2. The third kappa shape index (κ3) is 4.28. The lowest BCUT2D eigenvalue weighted by Gasteiger charge is -2.14. The standard InChI is InChI=1S/C13H14N2O6/c1-19-9-5-8(13(17)18)6-10(20-2)12(9)21-7-11(16)15-4-3-14/h5-6H,4,7H2,1-2H3,(H,15,16)(H,17,18). The molecule has 0 saturated carbocycles. The molecule has 0 spiro atoms. The van der Waals surface area contributed by atoms with Crippen LogP contribution in [0, 0.1) is 11.3 Å². The molecule has 0 aromatic heterocycles. The van der Waals surface area contributed by atoms with Gasteiger partial charge in [0.25, 0.3) is 5.91 Å². The SMILES string of the molecule is COc1cc(C(=O)O)cc(OC)c1OCC(=O)NCC#N. The van der Waals surface area contributed by atoms with Crippen LogP contribution in [-0.2, 0) is 4.79 Å². The van der Waals surface area contributed by atoms with Crippen LogP contribution in [0.5, 0.6) is 17.2 Å². The van der Waals surface area contributed by atoms with Crippen LogP contribution in [0.25, 0.3) is 0 Å². The van der Waals surface area contributed by atoms with Gasteiger partial charge in [-0.2, -0.15) is 5.26 Å². The fraction of sp³-hybridized carbons (Fsp3) is 0.308. The number of nitrogens with one attached hydrogen (secondary N) is 1. The number of carboxylic acid groups (broad SMARTS) is 1. The highest BCUT2D eigenvalue weighted by molar-refractivity contribution is 5.89. The highest BCUT2D eigenvalue weighted by atomic mass is 16.5. The average molecular weight is 294 g/mol. The van der Waals surface area contributed by atoms with E-state index in [2.05, 4.69) is 5.32 Å². The van der Waals surface area contributed by atoms with Crippen molar-refractivity contribution >= 4 is 11.9 Å². The fourth-order valence-electron chi connectivity index (χ4n) is 1.47. The molecule has 0 heterocycles. The summed E-state index contributed by atoms with van der Waals surface area (Å²) in [5.74, 6) is -1.29. The third-order valence-corrected chi connectivity index (χ3v) is 2.42. The summed E-state index contributed by atoms with van der Waals surface area (Å²) in [5.41, 5.74) is -0.0371. The van der Waals surface area contributed by atoms with Crippen molar-refractivity contribution in [2.75, 3.05) is 27.4 Å². The number of carbonyl (C=O) groups excluding carboxylic acids is 1. The van der Waals surface area contributed by atoms with Gasteiger partial charge in [0.2, 0.25) is 5.75 Å². The van der Waals surface area contributed by atoms with Crippen LogP contribution in [0.2, 0.25) is 0 Å². The van der Waals surface area contributed by atoms with Gasteiger partial charge in [-0.05, 0) is 12.1 Å². The highest BCUT2D eigenvalue weighted by Gasteiger charge is 2.18. The Morgan fingerprint density at radius 3 is 2.29 bits per heavy atom. The van der Waals surface area contributed by atoms with Gasteiger partial charge in [-0.15, -0.1) is 0 Å². The minimum atomic E-state index is -1.15. The molecule has 1 aromatic carbocycles. The molecule has 0 unspecified atom stereocenters. The molecule has 0 aliphatic heterocycles. The lowest BCUT2D eigenvalue weighted by atomic mass is 10.2. The Morgan fingerprint density at radius 1 is 1.29 bits per heavy atom. The molecule has 0 fully saturated rings. The van der Waals surface area contributed by atoms with Crippen molar-refractivity contribution in [3.05, 3.63) is 17.7 Å². The number of carboxylic acids is 1. The first-order valence-corrected chi connectivity index (χ1v) is 5.79. The number of aromatic carboxylic acids is 1. The number of ether oxygens (including phenoxy) is 3. The van der Waals surface area contributed by atoms with Crippen molar-refractivity contribution in [3.63, 3.8) is 0 Å². The molecule has 0 radical (unpaired) electrons. The number of methoxy groups -OCH3 is 2. The summed E-state index contributed by atoms with van der Waals surface area (Å²) in [5, 5.41) is 19.6. The molecule has 0 bridgehead atoms. The highest BCUT2D eigenvalue weighted by Crippen LogP contribution is 2.38. The van der Waals surface area contributed by atoms with Crippen LogP contribution in [0.1, 0.15) is 10.4 Å². The zero-order valence-electron chi connectivity index (χ0n) is 11.5. The van der Waals surface area contributed by atoms with Crippen molar-refractivity contribution in [2.24, 2.45) is 0 Å². The summed E-state index contributed by atoms with van der Waals surface area (Å²) in [6.07, 6.45) is 0. The van der Waals surface area contributed by atoms with E-state index in [1.165, 1.54) is 26.4 Å². The Morgan fingerprint density at radius 2 is 1.86 bits per heavy atom. The molecule has 0 aliphatic rings. The summed E-state index contributed by atoms with van der Waals surface area (Å²) < 4.78 is 15.4. The molecular weight excluding hydrogens is 280 g/mol. The monoisotopic (exact) mass is 294 g/mol. The average Bonchev–Trinajstić information content (AvgIpc) is 2.49. The van der Waals surface area contributed by atoms with Crippen LogP contribution in [0.3, 0.4) is 0 Å². The molecule has 0 aliphatic carbocycles. The Labute approximate surface area is 120 Å². The van der Waals surface area contributed by atoms with Crippen LogP contribution < -0.4 is 19.5 Å². The molecule has 8 heteroatoms. The smallest absolute Gasteiger partial charge is 0.335 e. The first kappa shape index (κ1) is 16.1. The summed E-state index contributed by atoms with van der Waals surface area (Å²) >= 11 is 0. The van der Waals surface area contributed by atoms with E-state index >= 15 is 0 Å². The number of hydrogen-bond acceptors (Lipinski definition) is 6. The zero-order valence-corrected chi connectivity index (χ0v) is 11.5. The van der Waals surface area contributed by atoms with Gasteiger partial charge in [-0.1, -0.05) is 0 Å². The molecule has 2 N–H and O–H groups in total. The van der Waals surface area contributed by atoms with Gasteiger partial charge in [0, 0.05) is 0 Å². The lowest BCUT2D eigenvalue weighted by molar-refractivity contribution is -0.122. The molecule has 0 saturated heterocycles. The number of benzene rings is 1. The summed E-state index contributed by atoms with van der Waals surface area (Å²) in [4.78, 5) is 22.4. The first-order chi connectivity index (χ1) is 10.0. The molecule has 21 heavy (non-hydrogen) atoms. The lowest BCUT2D eigenvalue weighted by Crippen LogP contribution is -2.29. The molecular formula is C13H14N2O6. The van der Waals surface area contributed by atoms with Crippen LogP contribution in [0.15, 0.2) is 12.1 Å². The molecule has 1 aromatic rings. The largest absolute Gasteiger partial charge is 0.493 e. The van der Waals surface area contributed by atoms with Gasteiger partial charge in [-0.3, -0.25) is 4.79 Å². The predicted octanol–water partition coefficient (Wildman–Crippen LogP) is 0.421. The predicted molar refractivity (Wildman–Crippen MR) is 70.6 cm³/mol. The molecule has 1 rings (SSSR count). The Kier molecular flexibility index (Phi) is 5.82. The Hall–Kier alpha value is -2.95. The van der Waals surface area contributed by atoms with Crippen molar-refractivity contribution in [2.45, 2.75) is 0 Å². The zero-order chi connectivity index (χ0) is 15.8. The van der Waals surface area contributed by atoms with Crippen LogP contribution >= 0.6 is 0 Å². The van der Waals surface area contributed by atoms with E-state index in [9.17, 15) is 9.59 Å². The number of nitriles is 1. The first-order valence-electron chi connectivity index (χ1n) is 5.79. The van der Waals surface area contributed by atoms with E-state index in [-0.39, 0.29) is 36.0 Å². The van der Waals surface area contributed by atoms with Crippen LogP contribution in [-0.4, -0.2) is 44.4 Å². The molecule has 112 valence electrons. The second-order valence-corrected chi connectivity index (χ2v) is 3.74.